The highest BCUT2D eigenvalue weighted by atomic mass is 32.1. The average Bonchev–Trinajstić information content (AvgIpc) is 3.38. The van der Waals surface area contributed by atoms with E-state index >= 15 is 0 Å². The Bertz CT molecular complexity index is 1040. The third-order valence-electron chi connectivity index (χ3n) is 5.31. The summed E-state index contributed by atoms with van der Waals surface area (Å²) in [6.45, 7) is 5.19. The molecule has 154 valence electrons. The molecule has 0 fully saturated rings. The summed E-state index contributed by atoms with van der Waals surface area (Å²) in [5, 5.41) is 7.59. The number of aryl methyl sites for hydroxylation is 2. The molecule has 1 aromatic heterocycles. The Kier molecular flexibility index (Phi) is 5.86. The molecule has 5 nitrogen and oxygen atoms in total. The van der Waals surface area contributed by atoms with E-state index in [1.54, 1.807) is 11.3 Å². The molecule has 30 heavy (non-hydrogen) atoms. The molecule has 2 amide bonds. The molecule has 1 aliphatic rings. The van der Waals surface area contributed by atoms with Crippen molar-refractivity contribution in [3.63, 3.8) is 0 Å². The lowest BCUT2D eigenvalue weighted by atomic mass is 10.1. The zero-order valence-electron chi connectivity index (χ0n) is 17.1. The first kappa shape index (κ1) is 20.2. The van der Waals surface area contributed by atoms with Crippen molar-refractivity contribution >= 4 is 34.5 Å². The number of para-hydroxylation sites is 1. The minimum atomic E-state index is -0.647. The van der Waals surface area contributed by atoms with Gasteiger partial charge in [-0.3, -0.25) is 9.59 Å². The topological polar surface area (TPSA) is 61.4 Å². The number of hydrogen-bond acceptors (Lipinski definition) is 4. The van der Waals surface area contributed by atoms with Crippen molar-refractivity contribution in [2.45, 2.75) is 26.3 Å². The van der Waals surface area contributed by atoms with Crippen LogP contribution in [0.25, 0.3) is 0 Å². The summed E-state index contributed by atoms with van der Waals surface area (Å²) in [6.07, 6.45) is 0.985. The van der Waals surface area contributed by atoms with Crippen molar-refractivity contribution in [2.24, 2.45) is 0 Å². The largest absolute Gasteiger partial charge is 0.361 e. The number of nitrogens with one attached hydrogen (secondary N) is 2. The second-order valence-corrected chi connectivity index (χ2v) is 8.62. The normalized spacial score (nSPS) is 13.6. The molecule has 1 aliphatic heterocycles. The summed E-state index contributed by atoms with van der Waals surface area (Å²) < 4.78 is 0. The van der Waals surface area contributed by atoms with Gasteiger partial charge in [0.15, 0.2) is 0 Å². The van der Waals surface area contributed by atoms with E-state index in [0.717, 1.165) is 24.1 Å². The lowest BCUT2D eigenvalue weighted by Gasteiger charge is -2.30. The lowest BCUT2D eigenvalue weighted by Crippen LogP contribution is -2.41. The molecular weight excluding hydrogens is 394 g/mol. The maximum atomic E-state index is 12.5. The van der Waals surface area contributed by atoms with E-state index in [-0.39, 0.29) is 6.04 Å². The van der Waals surface area contributed by atoms with E-state index in [1.165, 1.54) is 16.1 Å². The average molecular weight is 420 g/mol. The molecule has 0 saturated heterocycles. The van der Waals surface area contributed by atoms with Gasteiger partial charge in [-0.25, -0.2) is 0 Å². The van der Waals surface area contributed by atoms with Gasteiger partial charge in [-0.1, -0.05) is 30.3 Å². The van der Waals surface area contributed by atoms with E-state index in [0.29, 0.717) is 12.2 Å². The van der Waals surface area contributed by atoms with Gasteiger partial charge in [0.05, 0.1) is 6.04 Å². The number of amides is 2. The highest BCUT2D eigenvalue weighted by Gasteiger charge is 2.28. The van der Waals surface area contributed by atoms with Gasteiger partial charge in [-0.15, -0.1) is 11.3 Å². The smallest absolute Gasteiger partial charge is 0.313 e. The van der Waals surface area contributed by atoms with Crippen LogP contribution in [0.15, 0.2) is 60.0 Å². The van der Waals surface area contributed by atoms with Crippen LogP contribution in [0.4, 0.5) is 11.4 Å². The molecule has 3 aromatic rings. The maximum absolute atomic E-state index is 12.5. The molecule has 0 saturated carbocycles. The number of thiophene rings is 1. The third kappa shape index (κ3) is 4.39. The van der Waals surface area contributed by atoms with Crippen LogP contribution in [-0.2, 0) is 16.0 Å². The number of hydrogen-bond donors (Lipinski definition) is 2. The van der Waals surface area contributed by atoms with E-state index < -0.39 is 11.8 Å². The fourth-order valence-corrected chi connectivity index (χ4v) is 4.88. The Morgan fingerprint density at radius 2 is 1.80 bits per heavy atom. The molecule has 2 N–H and O–H groups in total. The van der Waals surface area contributed by atoms with Crippen molar-refractivity contribution in [3.8, 4) is 0 Å². The summed E-state index contributed by atoms with van der Waals surface area (Å²) in [5.41, 5.74) is 5.23. The molecule has 0 spiro atoms. The third-order valence-corrected chi connectivity index (χ3v) is 6.29. The first-order valence-corrected chi connectivity index (χ1v) is 10.9. The molecule has 4 rings (SSSR count). The fourth-order valence-electron chi connectivity index (χ4n) is 4.04. The Morgan fingerprint density at radius 1 is 1.03 bits per heavy atom. The maximum Gasteiger partial charge on any atom is 0.313 e. The molecule has 0 bridgehead atoms. The van der Waals surface area contributed by atoms with Gasteiger partial charge in [0.25, 0.3) is 0 Å². The van der Waals surface area contributed by atoms with Crippen molar-refractivity contribution in [3.05, 3.63) is 81.5 Å². The van der Waals surface area contributed by atoms with Crippen LogP contribution >= 0.6 is 11.3 Å². The summed E-state index contributed by atoms with van der Waals surface area (Å²) >= 11 is 1.66. The van der Waals surface area contributed by atoms with Crippen LogP contribution in [0.5, 0.6) is 0 Å². The Morgan fingerprint density at radius 3 is 2.53 bits per heavy atom. The second kappa shape index (κ2) is 8.71. The summed E-state index contributed by atoms with van der Waals surface area (Å²) in [7, 11) is 0. The van der Waals surface area contributed by atoms with Gasteiger partial charge in [-0.2, -0.15) is 0 Å². The first-order chi connectivity index (χ1) is 14.5. The zero-order valence-corrected chi connectivity index (χ0v) is 18.0. The Hall–Kier alpha value is -3.12. The van der Waals surface area contributed by atoms with Crippen molar-refractivity contribution < 1.29 is 9.59 Å². The molecule has 0 unspecified atom stereocenters. The van der Waals surface area contributed by atoms with Gasteiger partial charge in [0, 0.05) is 29.3 Å². The van der Waals surface area contributed by atoms with Gasteiger partial charge in [-0.05, 0) is 66.6 Å². The minimum Gasteiger partial charge on any atom is -0.361 e. The summed E-state index contributed by atoms with van der Waals surface area (Å²) in [4.78, 5) is 28.4. The Balaban J connectivity index is 1.45. The standard InChI is InChI=1S/C24H25N3O2S/c1-16-12-17(2)14-19(13-16)26-24(29)23(28)25-15-21(22-8-5-11-30-22)27-10-9-18-6-3-4-7-20(18)27/h3-8,11-14,21H,9-10,15H2,1-2H3,(H,25,28)(H,26,29)/t21-/m0/s1. The summed E-state index contributed by atoms with van der Waals surface area (Å²) in [5.74, 6) is -1.27. The van der Waals surface area contributed by atoms with Crippen molar-refractivity contribution in [2.75, 3.05) is 23.3 Å². The van der Waals surface area contributed by atoms with Gasteiger partial charge >= 0.3 is 11.8 Å². The molecule has 0 aliphatic carbocycles. The Labute approximate surface area is 180 Å². The van der Waals surface area contributed by atoms with Crippen LogP contribution in [0.3, 0.4) is 0 Å². The van der Waals surface area contributed by atoms with Gasteiger partial charge in [0.1, 0.15) is 0 Å². The SMILES string of the molecule is Cc1cc(C)cc(NC(=O)C(=O)NC[C@@H](c2cccs2)N2CCc3ccccc32)c1. The van der Waals surface area contributed by atoms with Crippen LogP contribution < -0.4 is 15.5 Å². The van der Waals surface area contributed by atoms with Crippen LogP contribution in [0.2, 0.25) is 0 Å². The predicted octanol–water partition coefficient (Wildman–Crippen LogP) is 4.22. The summed E-state index contributed by atoms with van der Waals surface area (Å²) in [6, 6.07) is 18.2. The lowest BCUT2D eigenvalue weighted by molar-refractivity contribution is -0.136. The fraction of sp³-hybridized carbons (Fsp3) is 0.250. The number of nitrogens with zero attached hydrogens (tertiary/aromatic N) is 1. The van der Waals surface area contributed by atoms with Gasteiger partial charge in [0.2, 0.25) is 0 Å². The minimum absolute atomic E-state index is 0.00776. The van der Waals surface area contributed by atoms with E-state index in [4.69, 9.17) is 0 Å². The monoisotopic (exact) mass is 419 g/mol. The van der Waals surface area contributed by atoms with E-state index in [1.807, 2.05) is 49.6 Å². The van der Waals surface area contributed by atoms with Crippen LogP contribution in [0, 0.1) is 13.8 Å². The quantitative estimate of drug-likeness (QED) is 0.609. The first-order valence-electron chi connectivity index (χ1n) is 10.1. The van der Waals surface area contributed by atoms with Crippen LogP contribution in [0.1, 0.15) is 27.6 Å². The highest BCUT2D eigenvalue weighted by Crippen LogP contribution is 2.36. The molecule has 2 heterocycles. The number of carbonyl (C=O) groups excluding carboxylic acids is 2. The number of fused-ring (bicyclic) bond motifs is 1. The van der Waals surface area contributed by atoms with Crippen molar-refractivity contribution in [1.29, 1.82) is 0 Å². The molecule has 1 atom stereocenters. The number of carbonyl (C=O) groups is 2. The molecular formula is C24H25N3O2S. The predicted molar refractivity (Wildman–Crippen MR) is 122 cm³/mol. The second-order valence-electron chi connectivity index (χ2n) is 7.64. The molecule has 0 radical (unpaired) electrons. The molecule has 6 heteroatoms. The molecule has 2 aromatic carbocycles. The number of benzene rings is 2. The zero-order chi connectivity index (χ0) is 21.1. The highest BCUT2D eigenvalue weighted by molar-refractivity contribution is 7.10. The number of rotatable bonds is 5. The van der Waals surface area contributed by atoms with E-state index in [9.17, 15) is 9.59 Å². The van der Waals surface area contributed by atoms with Crippen molar-refractivity contribution in [1.82, 2.24) is 5.32 Å². The van der Waals surface area contributed by atoms with Crippen LogP contribution in [-0.4, -0.2) is 24.9 Å². The number of anilines is 2. The van der Waals surface area contributed by atoms with Gasteiger partial charge < -0.3 is 15.5 Å². The van der Waals surface area contributed by atoms with E-state index in [2.05, 4.69) is 39.8 Å².